The lowest BCUT2D eigenvalue weighted by atomic mass is 9.83. The van der Waals surface area contributed by atoms with Crippen LogP contribution in [0.4, 0.5) is 0 Å². The molecule has 6 nitrogen and oxygen atoms in total. The summed E-state index contributed by atoms with van der Waals surface area (Å²) < 4.78 is 16.0. The maximum absolute atomic E-state index is 12.5. The molecule has 27 heavy (non-hydrogen) atoms. The molecule has 146 valence electrons. The minimum atomic E-state index is -0.556. The Balaban J connectivity index is 2.42. The summed E-state index contributed by atoms with van der Waals surface area (Å²) in [6, 6.07) is 7.41. The molecule has 1 aliphatic rings. The SMILES string of the molecule is CCCOc1ccc(C2C(C(=O)OCC)=CN(C)C=C2C(=O)OCC)cc1. The molecule has 0 atom stereocenters. The van der Waals surface area contributed by atoms with Crippen LogP contribution in [0.1, 0.15) is 38.7 Å². The highest BCUT2D eigenvalue weighted by atomic mass is 16.5. The molecule has 0 aromatic heterocycles. The Hall–Kier alpha value is -2.76. The molecule has 6 heteroatoms. The molecule has 1 aromatic rings. The van der Waals surface area contributed by atoms with Gasteiger partial charge in [0.05, 0.1) is 36.9 Å². The number of benzene rings is 1. The Morgan fingerprint density at radius 1 is 0.926 bits per heavy atom. The van der Waals surface area contributed by atoms with Gasteiger partial charge < -0.3 is 19.1 Å². The normalized spacial score (nSPS) is 14.3. The highest BCUT2D eigenvalue weighted by Gasteiger charge is 2.34. The first-order valence-electron chi connectivity index (χ1n) is 9.24. The van der Waals surface area contributed by atoms with Crippen molar-refractivity contribution in [3.05, 3.63) is 53.4 Å². The van der Waals surface area contributed by atoms with E-state index in [0.717, 1.165) is 17.7 Å². The molecule has 1 aliphatic heterocycles. The monoisotopic (exact) mass is 373 g/mol. The lowest BCUT2D eigenvalue weighted by molar-refractivity contribution is -0.139. The first kappa shape index (κ1) is 20.6. The molecular weight excluding hydrogens is 346 g/mol. The third-order valence-electron chi connectivity index (χ3n) is 4.02. The first-order valence-corrected chi connectivity index (χ1v) is 9.24. The fraction of sp³-hybridized carbons (Fsp3) is 0.429. The van der Waals surface area contributed by atoms with E-state index in [0.29, 0.717) is 17.8 Å². The molecular formula is C21H27NO5. The summed E-state index contributed by atoms with van der Waals surface area (Å²) in [6.07, 6.45) is 4.29. The average Bonchev–Trinajstić information content (AvgIpc) is 2.66. The van der Waals surface area contributed by atoms with Crippen LogP contribution in [-0.2, 0) is 19.1 Å². The van der Waals surface area contributed by atoms with Crippen molar-refractivity contribution in [3.8, 4) is 5.75 Å². The molecule has 0 N–H and O–H groups in total. The second kappa shape index (κ2) is 9.80. The fourth-order valence-electron chi connectivity index (χ4n) is 2.90. The van der Waals surface area contributed by atoms with Gasteiger partial charge >= 0.3 is 11.9 Å². The smallest absolute Gasteiger partial charge is 0.336 e. The van der Waals surface area contributed by atoms with Crippen LogP contribution in [0.3, 0.4) is 0 Å². The average molecular weight is 373 g/mol. The molecule has 1 aromatic carbocycles. The number of nitrogens with zero attached hydrogens (tertiary/aromatic N) is 1. The summed E-state index contributed by atoms with van der Waals surface area (Å²) in [5.74, 6) is -0.706. The first-order chi connectivity index (χ1) is 13.0. The second-order valence-electron chi connectivity index (χ2n) is 6.13. The van der Waals surface area contributed by atoms with Crippen molar-refractivity contribution >= 4 is 11.9 Å². The number of esters is 2. The predicted octanol–water partition coefficient (Wildman–Crippen LogP) is 3.40. The Morgan fingerprint density at radius 2 is 1.44 bits per heavy atom. The number of ether oxygens (including phenoxy) is 3. The van der Waals surface area contributed by atoms with E-state index >= 15 is 0 Å². The van der Waals surface area contributed by atoms with Crippen LogP contribution in [-0.4, -0.2) is 43.7 Å². The number of hydrogen-bond donors (Lipinski definition) is 0. The Labute approximate surface area is 160 Å². The highest BCUT2D eigenvalue weighted by molar-refractivity contribution is 5.98. The van der Waals surface area contributed by atoms with Crippen LogP contribution in [0.5, 0.6) is 5.75 Å². The summed E-state index contributed by atoms with van der Waals surface area (Å²) in [4.78, 5) is 26.8. The van der Waals surface area contributed by atoms with Crippen molar-refractivity contribution in [2.24, 2.45) is 0 Å². The lowest BCUT2D eigenvalue weighted by Gasteiger charge is -2.28. The highest BCUT2D eigenvalue weighted by Crippen LogP contribution is 2.37. The topological polar surface area (TPSA) is 65.1 Å². The van der Waals surface area contributed by atoms with Crippen LogP contribution in [0.15, 0.2) is 47.8 Å². The quantitative estimate of drug-likeness (QED) is 0.651. The van der Waals surface area contributed by atoms with E-state index in [1.54, 1.807) is 38.2 Å². The van der Waals surface area contributed by atoms with Gasteiger partial charge in [0.1, 0.15) is 5.75 Å². The van der Waals surface area contributed by atoms with E-state index < -0.39 is 17.9 Å². The van der Waals surface area contributed by atoms with Gasteiger partial charge in [0.2, 0.25) is 0 Å². The Morgan fingerprint density at radius 3 is 1.89 bits per heavy atom. The van der Waals surface area contributed by atoms with Crippen molar-refractivity contribution in [2.45, 2.75) is 33.1 Å². The van der Waals surface area contributed by atoms with Gasteiger partial charge in [-0.3, -0.25) is 0 Å². The number of hydrogen-bond acceptors (Lipinski definition) is 6. The zero-order chi connectivity index (χ0) is 19.8. The van der Waals surface area contributed by atoms with E-state index in [1.165, 1.54) is 0 Å². The summed E-state index contributed by atoms with van der Waals surface area (Å²) >= 11 is 0. The van der Waals surface area contributed by atoms with Gasteiger partial charge in [-0.15, -0.1) is 0 Å². The van der Waals surface area contributed by atoms with E-state index in [9.17, 15) is 9.59 Å². The maximum Gasteiger partial charge on any atom is 0.336 e. The van der Waals surface area contributed by atoms with Crippen LogP contribution in [0.2, 0.25) is 0 Å². The van der Waals surface area contributed by atoms with E-state index in [2.05, 4.69) is 0 Å². The summed E-state index contributed by atoms with van der Waals surface area (Å²) in [7, 11) is 1.76. The Bertz CT molecular complexity index is 685. The molecule has 2 rings (SSSR count). The summed E-state index contributed by atoms with van der Waals surface area (Å²) in [6.45, 7) is 6.70. The number of rotatable bonds is 8. The van der Waals surface area contributed by atoms with Gasteiger partial charge in [-0.25, -0.2) is 9.59 Å². The van der Waals surface area contributed by atoms with E-state index in [4.69, 9.17) is 14.2 Å². The van der Waals surface area contributed by atoms with Gasteiger partial charge in [-0.05, 0) is 38.0 Å². The number of carbonyl (C=O) groups is 2. The van der Waals surface area contributed by atoms with Crippen LogP contribution in [0, 0.1) is 0 Å². The Kier molecular flexibility index (Phi) is 7.46. The molecule has 0 unspecified atom stereocenters. The standard InChI is InChI=1S/C21H27NO5/c1-5-12-27-16-10-8-15(9-11-16)19-17(20(23)25-6-2)13-22(4)14-18(19)21(24)26-7-3/h8-11,13-14,19H,5-7,12H2,1-4H3. The van der Waals surface area contributed by atoms with Gasteiger partial charge in [0.15, 0.2) is 0 Å². The van der Waals surface area contributed by atoms with Gasteiger partial charge in [0, 0.05) is 19.4 Å². The van der Waals surface area contributed by atoms with E-state index in [1.807, 2.05) is 31.2 Å². The molecule has 0 amide bonds. The van der Waals surface area contributed by atoms with Crippen molar-refractivity contribution < 1.29 is 23.8 Å². The van der Waals surface area contributed by atoms with Crippen molar-refractivity contribution in [1.82, 2.24) is 4.90 Å². The molecule has 0 spiro atoms. The zero-order valence-corrected chi connectivity index (χ0v) is 16.4. The molecule has 0 bridgehead atoms. The predicted molar refractivity (Wildman–Crippen MR) is 102 cm³/mol. The van der Waals surface area contributed by atoms with Crippen molar-refractivity contribution in [2.75, 3.05) is 26.9 Å². The summed E-state index contributed by atoms with van der Waals surface area (Å²) in [5.41, 5.74) is 1.59. The molecule has 0 aliphatic carbocycles. The van der Waals surface area contributed by atoms with Crippen LogP contribution < -0.4 is 4.74 Å². The second-order valence-corrected chi connectivity index (χ2v) is 6.13. The van der Waals surface area contributed by atoms with Gasteiger partial charge in [0.25, 0.3) is 0 Å². The van der Waals surface area contributed by atoms with E-state index in [-0.39, 0.29) is 13.2 Å². The molecule has 0 fully saturated rings. The van der Waals surface area contributed by atoms with Crippen LogP contribution in [0.25, 0.3) is 0 Å². The van der Waals surface area contributed by atoms with Crippen molar-refractivity contribution in [1.29, 1.82) is 0 Å². The van der Waals surface area contributed by atoms with Crippen LogP contribution >= 0.6 is 0 Å². The van der Waals surface area contributed by atoms with Gasteiger partial charge in [-0.1, -0.05) is 19.1 Å². The minimum absolute atomic E-state index is 0.259. The number of carbonyl (C=O) groups excluding carboxylic acids is 2. The molecule has 0 saturated carbocycles. The van der Waals surface area contributed by atoms with Gasteiger partial charge in [-0.2, -0.15) is 0 Å². The maximum atomic E-state index is 12.5. The summed E-state index contributed by atoms with van der Waals surface area (Å²) in [5, 5.41) is 0. The zero-order valence-electron chi connectivity index (χ0n) is 16.4. The largest absolute Gasteiger partial charge is 0.494 e. The third kappa shape index (κ3) is 5.12. The third-order valence-corrected chi connectivity index (χ3v) is 4.02. The molecule has 0 saturated heterocycles. The molecule has 0 radical (unpaired) electrons. The lowest BCUT2D eigenvalue weighted by Crippen LogP contribution is -2.28. The van der Waals surface area contributed by atoms with Crippen molar-refractivity contribution in [3.63, 3.8) is 0 Å². The fourth-order valence-corrected chi connectivity index (χ4v) is 2.90. The minimum Gasteiger partial charge on any atom is -0.494 e. The molecule has 1 heterocycles.